The van der Waals surface area contributed by atoms with Crippen LogP contribution in [0, 0.1) is 5.92 Å². The van der Waals surface area contributed by atoms with Crippen molar-refractivity contribution in [2.24, 2.45) is 5.92 Å². The van der Waals surface area contributed by atoms with Crippen LogP contribution in [0.5, 0.6) is 0 Å². The molecule has 3 heteroatoms. The van der Waals surface area contributed by atoms with Crippen molar-refractivity contribution in [2.45, 2.75) is 38.1 Å². The molecule has 0 spiro atoms. The molecule has 2 rings (SSSR count). The number of likely N-dealkylation sites (tertiary alicyclic amines) is 1. The van der Waals surface area contributed by atoms with Crippen LogP contribution in [0.2, 0.25) is 0 Å². The maximum absolute atomic E-state index is 3.51. The lowest BCUT2D eigenvalue weighted by Gasteiger charge is -2.14. The Morgan fingerprint density at radius 1 is 1.25 bits per heavy atom. The first kappa shape index (κ1) is 15.9. The van der Waals surface area contributed by atoms with E-state index in [2.05, 4.69) is 48.3 Å². The Hall–Kier alpha value is -0.510. The molecule has 0 aliphatic carbocycles. The van der Waals surface area contributed by atoms with Gasteiger partial charge in [-0.3, -0.25) is 0 Å². The highest BCUT2D eigenvalue weighted by Crippen LogP contribution is 2.20. The molecule has 0 radical (unpaired) electrons. The monoisotopic (exact) mass is 292 g/mol. The van der Waals surface area contributed by atoms with Crippen LogP contribution in [-0.4, -0.2) is 36.8 Å². The number of hydrogen-bond acceptors (Lipinski definition) is 3. The summed E-state index contributed by atoms with van der Waals surface area (Å²) < 4.78 is 0. The zero-order chi connectivity index (χ0) is 14.2. The molecule has 1 aromatic rings. The van der Waals surface area contributed by atoms with E-state index in [0.29, 0.717) is 5.92 Å². The standard InChI is InChI=1S/C17H28N2S/c1-15(2)13-18-14-16-6-5-7-17(12-16)20-11-10-19-8-3-4-9-19/h5-7,12,15,18H,3-4,8-11,13-14H2,1-2H3. The van der Waals surface area contributed by atoms with E-state index in [1.807, 2.05) is 11.8 Å². The van der Waals surface area contributed by atoms with Gasteiger partial charge in [-0.15, -0.1) is 11.8 Å². The van der Waals surface area contributed by atoms with Crippen LogP contribution in [-0.2, 0) is 6.54 Å². The molecule has 1 aliphatic rings. The van der Waals surface area contributed by atoms with Crippen molar-refractivity contribution in [3.8, 4) is 0 Å². The molecule has 0 aromatic heterocycles. The van der Waals surface area contributed by atoms with Crippen LogP contribution in [0.4, 0.5) is 0 Å². The number of thioether (sulfide) groups is 1. The highest BCUT2D eigenvalue weighted by molar-refractivity contribution is 7.99. The molecule has 0 bridgehead atoms. The fraction of sp³-hybridized carbons (Fsp3) is 0.647. The first-order chi connectivity index (χ1) is 9.74. The molecule has 1 fully saturated rings. The Bertz CT molecular complexity index is 386. The molecule has 1 aliphatic heterocycles. The summed E-state index contributed by atoms with van der Waals surface area (Å²) in [5, 5.41) is 3.51. The second-order valence-corrected chi connectivity index (χ2v) is 7.24. The van der Waals surface area contributed by atoms with E-state index in [-0.39, 0.29) is 0 Å². The molecule has 0 unspecified atom stereocenters. The molecular formula is C17H28N2S. The van der Waals surface area contributed by atoms with Gasteiger partial charge in [0.05, 0.1) is 0 Å². The number of benzene rings is 1. The maximum atomic E-state index is 3.51. The lowest BCUT2D eigenvalue weighted by atomic mass is 10.2. The van der Waals surface area contributed by atoms with Gasteiger partial charge in [0, 0.05) is 23.7 Å². The Morgan fingerprint density at radius 3 is 2.80 bits per heavy atom. The minimum Gasteiger partial charge on any atom is -0.312 e. The molecule has 20 heavy (non-hydrogen) atoms. The topological polar surface area (TPSA) is 15.3 Å². The summed E-state index contributed by atoms with van der Waals surface area (Å²) in [7, 11) is 0. The second kappa shape index (κ2) is 8.71. The number of hydrogen-bond donors (Lipinski definition) is 1. The van der Waals surface area contributed by atoms with Gasteiger partial charge in [-0.1, -0.05) is 26.0 Å². The lowest BCUT2D eigenvalue weighted by molar-refractivity contribution is 0.362. The van der Waals surface area contributed by atoms with E-state index in [1.54, 1.807) is 0 Å². The van der Waals surface area contributed by atoms with Crippen LogP contribution < -0.4 is 5.32 Å². The maximum Gasteiger partial charge on any atom is 0.0206 e. The summed E-state index contributed by atoms with van der Waals surface area (Å²) >= 11 is 1.99. The number of nitrogens with one attached hydrogen (secondary N) is 1. The first-order valence-corrected chi connectivity index (χ1v) is 8.87. The third kappa shape index (κ3) is 5.86. The van der Waals surface area contributed by atoms with Crippen LogP contribution in [0.3, 0.4) is 0 Å². The number of nitrogens with zero attached hydrogens (tertiary/aromatic N) is 1. The van der Waals surface area contributed by atoms with Gasteiger partial charge in [0.2, 0.25) is 0 Å². The van der Waals surface area contributed by atoms with E-state index in [4.69, 9.17) is 0 Å². The predicted molar refractivity (Wildman–Crippen MR) is 89.4 cm³/mol. The second-order valence-electron chi connectivity index (χ2n) is 6.07. The van der Waals surface area contributed by atoms with Gasteiger partial charge in [-0.25, -0.2) is 0 Å². The minimum absolute atomic E-state index is 0.716. The van der Waals surface area contributed by atoms with E-state index >= 15 is 0 Å². The van der Waals surface area contributed by atoms with Crippen LogP contribution >= 0.6 is 11.8 Å². The van der Waals surface area contributed by atoms with Crippen molar-refractivity contribution in [1.29, 1.82) is 0 Å². The van der Waals surface area contributed by atoms with Crippen LogP contribution in [0.15, 0.2) is 29.2 Å². The molecule has 112 valence electrons. The average molecular weight is 292 g/mol. The van der Waals surface area contributed by atoms with Crippen molar-refractivity contribution in [2.75, 3.05) is 31.9 Å². The molecule has 0 atom stereocenters. The van der Waals surface area contributed by atoms with Crippen molar-refractivity contribution < 1.29 is 0 Å². The fourth-order valence-electron chi connectivity index (χ4n) is 2.55. The van der Waals surface area contributed by atoms with Gasteiger partial charge in [-0.05, 0) is 56.1 Å². The third-order valence-corrected chi connectivity index (χ3v) is 4.63. The van der Waals surface area contributed by atoms with Gasteiger partial charge in [-0.2, -0.15) is 0 Å². The smallest absolute Gasteiger partial charge is 0.0206 e. The van der Waals surface area contributed by atoms with Crippen LogP contribution in [0.25, 0.3) is 0 Å². The van der Waals surface area contributed by atoms with E-state index in [1.165, 1.54) is 48.7 Å². The Labute approximate surface area is 128 Å². The summed E-state index contributed by atoms with van der Waals surface area (Å²) in [6.07, 6.45) is 2.78. The molecule has 0 amide bonds. The summed E-state index contributed by atoms with van der Waals surface area (Å²) in [6.45, 7) is 10.4. The Balaban J connectivity index is 1.71. The lowest BCUT2D eigenvalue weighted by Crippen LogP contribution is -2.21. The SMILES string of the molecule is CC(C)CNCc1cccc(SCCN2CCCC2)c1. The first-order valence-electron chi connectivity index (χ1n) is 7.89. The summed E-state index contributed by atoms with van der Waals surface area (Å²) in [4.78, 5) is 3.99. The summed E-state index contributed by atoms with van der Waals surface area (Å²) in [5.74, 6) is 1.93. The van der Waals surface area contributed by atoms with Crippen molar-refractivity contribution in [3.63, 3.8) is 0 Å². The zero-order valence-electron chi connectivity index (χ0n) is 12.9. The normalized spacial score (nSPS) is 16.1. The zero-order valence-corrected chi connectivity index (χ0v) is 13.7. The van der Waals surface area contributed by atoms with E-state index in [9.17, 15) is 0 Å². The molecule has 1 N–H and O–H groups in total. The van der Waals surface area contributed by atoms with Gasteiger partial charge < -0.3 is 10.2 Å². The van der Waals surface area contributed by atoms with Gasteiger partial charge in [0.25, 0.3) is 0 Å². The molecule has 1 aromatic carbocycles. The largest absolute Gasteiger partial charge is 0.312 e. The fourth-order valence-corrected chi connectivity index (χ4v) is 3.54. The summed E-state index contributed by atoms with van der Waals surface area (Å²) in [6, 6.07) is 8.98. The highest BCUT2D eigenvalue weighted by atomic mass is 32.2. The Morgan fingerprint density at radius 2 is 2.05 bits per heavy atom. The van der Waals surface area contributed by atoms with Crippen molar-refractivity contribution >= 4 is 11.8 Å². The highest BCUT2D eigenvalue weighted by Gasteiger charge is 2.10. The van der Waals surface area contributed by atoms with Gasteiger partial charge in [0.15, 0.2) is 0 Å². The van der Waals surface area contributed by atoms with Gasteiger partial charge >= 0.3 is 0 Å². The quantitative estimate of drug-likeness (QED) is 0.737. The van der Waals surface area contributed by atoms with Crippen molar-refractivity contribution in [3.05, 3.63) is 29.8 Å². The van der Waals surface area contributed by atoms with Crippen LogP contribution in [0.1, 0.15) is 32.3 Å². The number of rotatable bonds is 8. The van der Waals surface area contributed by atoms with Crippen molar-refractivity contribution in [1.82, 2.24) is 10.2 Å². The molecule has 1 heterocycles. The minimum atomic E-state index is 0.716. The Kier molecular flexibility index (Phi) is 6.91. The summed E-state index contributed by atoms with van der Waals surface area (Å²) in [5.41, 5.74) is 1.40. The predicted octanol–water partition coefficient (Wildman–Crippen LogP) is 3.62. The molecule has 1 saturated heterocycles. The molecular weight excluding hydrogens is 264 g/mol. The molecule has 2 nitrogen and oxygen atoms in total. The molecule has 0 saturated carbocycles. The average Bonchev–Trinajstić information content (AvgIpc) is 2.92. The van der Waals surface area contributed by atoms with Gasteiger partial charge in [0.1, 0.15) is 0 Å². The third-order valence-electron chi connectivity index (χ3n) is 3.66. The van der Waals surface area contributed by atoms with E-state index < -0.39 is 0 Å². The van der Waals surface area contributed by atoms with E-state index in [0.717, 1.165) is 13.1 Å².